The number of ether oxygens (including phenoxy) is 4. The Kier molecular flexibility index (Phi) is 9.78. The summed E-state index contributed by atoms with van der Waals surface area (Å²) in [6, 6.07) is 16.6. The van der Waals surface area contributed by atoms with Crippen LogP contribution in [0.3, 0.4) is 0 Å². The van der Waals surface area contributed by atoms with Crippen LogP contribution >= 0.6 is 0 Å². The van der Waals surface area contributed by atoms with E-state index >= 15 is 0 Å². The average molecular weight is 521 g/mol. The molecule has 1 aliphatic carbocycles. The van der Waals surface area contributed by atoms with Gasteiger partial charge in [0.2, 0.25) is 0 Å². The molecule has 2 aromatic rings. The minimum atomic E-state index is -0.405. The Morgan fingerprint density at radius 1 is 0.658 bits per heavy atom. The summed E-state index contributed by atoms with van der Waals surface area (Å²) in [4.78, 5) is 23.0. The number of carbonyl (C=O) groups is 2. The normalized spacial score (nSPS) is 20.7. The zero-order chi connectivity index (χ0) is 27.8. The first-order valence-electron chi connectivity index (χ1n) is 13.2. The van der Waals surface area contributed by atoms with E-state index in [0.717, 1.165) is 24.3 Å². The van der Waals surface area contributed by atoms with Crippen molar-refractivity contribution in [3.63, 3.8) is 0 Å². The van der Waals surface area contributed by atoms with Crippen molar-refractivity contribution in [2.45, 2.75) is 64.2 Å². The molecule has 0 heterocycles. The van der Waals surface area contributed by atoms with Crippen LogP contribution in [0.1, 0.15) is 64.5 Å². The molecule has 204 valence electrons. The van der Waals surface area contributed by atoms with E-state index in [-0.39, 0.29) is 37.3 Å². The molecule has 0 radical (unpaired) electrons. The molecule has 0 bridgehead atoms. The van der Waals surface area contributed by atoms with Gasteiger partial charge in [0.15, 0.2) is 0 Å². The average Bonchev–Trinajstić information content (AvgIpc) is 2.91. The molecule has 1 aliphatic rings. The summed E-state index contributed by atoms with van der Waals surface area (Å²) in [5.74, 6) is 0.683. The number of esters is 2. The van der Waals surface area contributed by atoms with Crippen molar-refractivity contribution >= 4 is 11.9 Å². The van der Waals surface area contributed by atoms with Crippen LogP contribution in [-0.4, -0.2) is 38.4 Å². The van der Waals surface area contributed by atoms with Gasteiger partial charge in [0.1, 0.15) is 37.9 Å². The molecule has 0 saturated heterocycles. The standard InChI is InChI=1S/C32H40O6/c1-23(2)29(33)37-21-19-35-27-13-9-25(10-14-27)31(5)17-7-8-18-32(31,6)26-11-15-28(16-12-26)36-20-22-38-30(34)24(3)4/h9-16H,1,3,7-8,17-22H2,2,4-6H3. The van der Waals surface area contributed by atoms with Crippen molar-refractivity contribution in [1.82, 2.24) is 0 Å². The number of hydrogen-bond acceptors (Lipinski definition) is 6. The van der Waals surface area contributed by atoms with E-state index in [9.17, 15) is 9.59 Å². The maximum Gasteiger partial charge on any atom is 0.333 e. The fraction of sp³-hybridized carbons (Fsp3) is 0.438. The largest absolute Gasteiger partial charge is 0.490 e. The third-order valence-corrected chi connectivity index (χ3v) is 7.67. The van der Waals surface area contributed by atoms with Crippen LogP contribution in [0, 0.1) is 0 Å². The molecule has 6 heteroatoms. The van der Waals surface area contributed by atoms with E-state index < -0.39 is 11.9 Å². The highest BCUT2D eigenvalue weighted by molar-refractivity contribution is 5.87. The van der Waals surface area contributed by atoms with Crippen molar-refractivity contribution in [2.75, 3.05) is 26.4 Å². The van der Waals surface area contributed by atoms with Gasteiger partial charge in [-0.25, -0.2) is 9.59 Å². The summed E-state index contributed by atoms with van der Waals surface area (Å²) in [5.41, 5.74) is 3.20. The smallest absolute Gasteiger partial charge is 0.333 e. The van der Waals surface area contributed by atoms with Crippen LogP contribution in [-0.2, 0) is 29.9 Å². The van der Waals surface area contributed by atoms with Crippen LogP contribution in [0.25, 0.3) is 0 Å². The number of hydrogen-bond donors (Lipinski definition) is 0. The predicted molar refractivity (Wildman–Crippen MR) is 149 cm³/mol. The van der Waals surface area contributed by atoms with Gasteiger partial charge >= 0.3 is 11.9 Å². The number of benzene rings is 2. The summed E-state index contributed by atoms with van der Waals surface area (Å²) in [7, 11) is 0. The van der Waals surface area contributed by atoms with Crippen LogP contribution in [0.2, 0.25) is 0 Å². The lowest BCUT2D eigenvalue weighted by atomic mass is 9.52. The Balaban J connectivity index is 1.65. The van der Waals surface area contributed by atoms with Gasteiger partial charge in [-0.05, 0) is 62.1 Å². The zero-order valence-corrected chi connectivity index (χ0v) is 23.1. The van der Waals surface area contributed by atoms with Crippen molar-refractivity contribution in [2.24, 2.45) is 0 Å². The molecule has 2 aromatic carbocycles. The third-order valence-electron chi connectivity index (χ3n) is 7.67. The molecular formula is C32H40O6. The zero-order valence-electron chi connectivity index (χ0n) is 23.1. The molecule has 0 aliphatic heterocycles. The van der Waals surface area contributed by atoms with Gasteiger partial charge in [-0.15, -0.1) is 0 Å². The maximum absolute atomic E-state index is 11.5. The monoisotopic (exact) mass is 520 g/mol. The molecular weight excluding hydrogens is 480 g/mol. The Hall–Kier alpha value is -3.54. The Morgan fingerprint density at radius 2 is 1.00 bits per heavy atom. The second kappa shape index (κ2) is 12.8. The van der Waals surface area contributed by atoms with Crippen molar-refractivity contribution in [1.29, 1.82) is 0 Å². The molecule has 38 heavy (non-hydrogen) atoms. The minimum absolute atomic E-state index is 0.0556. The van der Waals surface area contributed by atoms with Crippen molar-refractivity contribution < 1.29 is 28.5 Å². The first-order valence-corrected chi connectivity index (χ1v) is 13.2. The second-order valence-electron chi connectivity index (χ2n) is 10.4. The lowest BCUT2D eigenvalue weighted by molar-refractivity contribution is -0.140. The van der Waals surface area contributed by atoms with E-state index in [1.165, 1.54) is 24.0 Å². The summed E-state index contributed by atoms with van der Waals surface area (Å²) >= 11 is 0. The van der Waals surface area contributed by atoms with E-state index in [0.29, 0.717) is 11.1 Å². The molecule has 3 rings (SSSR count). The predicted octanol–water partition coefficient (Wildman–Crippen LogP) is 6.47. The van der Waals surface area contributed by atoms with Gasteiger partial charge in [-0.1, -0.05) is 64.1 Å². The lowest BCUT2D eigenvalue weighted by Gasteiger charge is -2.51. The van der Waals surface area contributed by atoms with Gasteiger partial charge < -0.3 is 18.9 Å². The first kappa shape index (κ1) is 29.0. The molecule has 1 saturated carbocycles. The lowest BCUT2D eigenvalue weighted by Crippen LogP contribution is -2.47. The summed E-state index contributed by atoms with van der Waals surface area (Å²) in [6.45, 7) is 16.1. The van der Waals surface area contributed by atoms with Gasteiger partial charge in [-0.3, -0.25) is 0 Å². The summed E-state index contributed by atoms with van der Waals surface area (Å²) in [6.07, 6.45) is 4.55. The third kappa shape index (κ3) is 6.85. The van der Waals surface area contributed by atoms with E-state index in [2.05, 4.69) is 51.3 Å². The topological polar surface area (TPSA) is 71.1 Å². The molecule has 1 fully saturated rings. The van der Waals surface area contributed by atoms with Crippen LogP contribution in [0.5, 0.6) is 11.5 Å². The molecule has 2 unspecified atom stereocenters. The SMILES string of the molecule is C=C(C)C(=O)OCCOc1ccc(C2(C)CCCCC2(C)c2ccc(OCCOC(=O)C(=C)C)cc2)cc1. The van der Waals surface area contributed by atoms with E-state index in [1.54, 1.807) is 13.8 Å². The first-order chi connectivity index (χ1) is 18.1. The Morgan fingerprint density at radius 3 is 1.32 bits per heavy atom. The van der Waals surface area contributed by atoms with E-state index in [1.807, 2.05) is 24.3 Å². The maximum atomic E-state index is 11.5. The van der Waals surface area contributed by atoms with Crippen molar-refractivity contribution in [3.05, 3.63) is 84.0 Å². The molecule has 0 aromatic heterocycles. The van der Waals surface area contributed by atoms with Crippen LogP contribution < -0.4 is 9.47 Å². The van der Waals surface area contributed by atoms with Gasteiger partial charge in [0, 0.05) is 22.0 Å². The highest BCUT2D eigenvalue weighted by Crippen LogP contribution is 2.53. The fourth-order valence-electron chi connectivity index (χ4n) is 5.11. The summed E-state index contributed by atoms with van der Waals surface area (Å²) in [5, 5.41) is 0. The van der Waals surface area contributed by atoms with E-state index in [4.69, 9.17) is 18.9 Å². The van der Waals surface area contributed by atoms with Crippen molar-refractivity contribution in [3.8, 4) is 11.5 Å². The highest BCUT2D eigenvalue weighted by Gasteiger charge is 2.48. The Bertz CT molecular complexity index is 1040. The molecule has 0 N–H and O–H groups in total. The van der Waals surface area contributed by atoms with Gasteiger partial charge in [0.05, 0.1) is 0 Å². The van der Waals surface area contributed by atoms with Crippen LogP contribution in [0.15, 0.2) is 72.8 Å². The number of carbonyl (C=O) groups excluding carboxylic acids is 2. The number of rotatable bonds is 12. The van der Waals surface area contributed by atoms with Gasteiger partial charge in [0.25, 0.3) is 0 Å². The second-order valence-corrected chi connectivity index (χ2v) is 10.4. The molecule has 0 amide bonds. The Labute approximate surface area is 226 Å². The highest BCUT2D eigenvalue weighted by atomic mass is 16.6. The molecule has 2 atom stereocenters. The van der Waals surface area contributed by atoms with Gasteiger partial charge in [-0.2, -0.15) is 0 Å². The minimum Gasteiger partial charge on any atom is -0.490 e. The summed E-state index contributed by atoms with van der Waals surface area (Å²) < 4.78 is 21.7. The quantitative estimate of drug-likeness (QED) is 0.181. The molecule has 0 spiro atoms. The molecule has 6 nitrogen and oxygen atoms in total. The van der Waals surface area contributed by atoms with Crippen LogP contribution in [0.4, 0.5) is 0 Å². The fourth-order valence-corrected chi connectivity index (χ4v) is 5.11.